The van der Waals surface area contributed by atoms with Crippen molar-refractivity contribution in [3.8, 4) is 0 Å². The van der Waals surface area contributed by atoms with Gasteiger partial charge < -0.3 is 4.42 Å². The summed E-state index contributed by atoms with van der Waals surface area (Å²) in [7, 11) is 0. The lowest BCUT2D eigenvalue weighted by molar-refractivity contribution is 0.497. The Hall–Kier alpha value is -0.980. The van der Waals surface area contributed by atoms with Crippen LogP contribution in [-0.2, 0) is 6.42 Å². The van der Waals surface area contributed by atoms with Crippen molar-refractivity contribution in [2.45, 2.75) is 19.3 Å². The summed E-state index contributed by atoms with van der Waals surface area (Å²) in [6.45, 7) is 3.97. The summed E-state index contributed by atoms with van der Waals surface area (Å²) in [6.07, 6.45) is 5.16. The van der Waals surface area contributed by atoms with Crippen LogP contribution < -0.4 is 0 Å². The molecule has 2 rings (SSSR count). The zero-order valence-electron chi connectivity index (χ0n) is 5.89. The predicted molar refractivity (Wildman–Crippen MR) is 40.7 cm³/mol. The molecule has 0 fully saturated rings. The molecule has 10 heavy (non-hydrogen) atoms. The van der Waals surface area contributed by atoms with Crippen molar-refractivity contribution in [3.05, 3.63) is 30.2 Å². The molecule has 52 valence electrons. The number of aryl methyl sites for hydroxylation is 1. The normalized spacial score (nSPS) is 17.0. The maximum absolute atomic E-state index is 5.27. The Kier molecular flexibility index (Phi) is 1.16. The van der Waals surface area contributed by atoms with Crippen molar-refractivity contribution in [1.29, 1.82) is 0 Å². The molecule has 1 aliphatic rings. The van der Waals surface area contributed by atoms with Crippen molar-refractivity contribution < 1.29 is 4.42 Å². The molecule has 0 unspecified atom stereocenters. The first-order valence-corrected chi connectivity index (χ1v) is 3.62. The van der Waals surface area contributed by atoms with Crippen molar-refractivity contribution in [2.75, 3.05) is 0 Å². The molecule has 1 heterocycles. The van der Waals surface area contributed by atoms with Crippen molar-refractivity contribution >= 4 is 5.57 Å². The largest absolute Gasteiger partial charge is 0.469 e. The molecule has 0 amide bonds. The van der Waals surface area contributed by atoms with Gasteiger partial charge in [0.15, 0.2) is 0 Å². The van der Waals surface area contributed by atoms with E-state index in [-0.39, 0.29) is 0 Å². The number of allylic oxidation sites excluding steroid dienone is 1. The monoisotopic (exact) mass is 134 g/mol. The minimum absolute atomic E-state index is 1.08. The van der Waals surface area contributed by atoms with Crippen LogP contribution in [0.25, 0.3) is 5.57 Å². The molecule has 0 bridgehead atoms. The fraction of sp³-hybridized carbons (Fsp3) is 0.333. The van der Waals surface area contributed by atoms with Crippen LogP contribution in [0.1, 0.15) is 24.2 Å². The highest BCUT2D eigenvalue weighted by Gasteiger charge is 2.13. The summed E-state index contributed by atoms with van der Waals surface area (Å²) < 4.78 is 5.27. The molecule has 1 aromatic heterocycles. The molecule has 0 saturated heterocycles. The highest BCUT2D eigenvalue weighted by molar-refractivity contribution is 5.66. The molecular weight excluding hydrogens is 124 g/mol. The third kappa shape index (κ3) is 0.703. The summed E-state index contributed by atoms with van der Waals surface area (Å²) >= 11 is 0. The molecule has 0 radical (unpaired) electrons. The van der Waals surface area contributed by atoms with Gasteiger partial charge in [-0.2, -0.15) is 0 Å². The van der Waals surface area contributed by atoms with Gasteiger partial charge in [0.1, 0.15) is 5.76 Å². The first kappa shape index (κ1) is 5.78. The van der Waals surface area contributed by atoms with Crippen LogP contribution in [0.5, 0.6) is 0 Å². The second kappa shape index (κ2) is 2.01. The minimum atomic E-state index is 1.08. The molecule has 1 nitrogen and oxygen atoms in total. The van der Waals surface area contributed by atoms with E-state index < -0.39 is 0 Å². The van der Waals surface area contributed by atoms with Crippen molar-refractivity contribution in [3.63, 3.8) is 0 Å². The van der Waals surface area contributed by atoms with Gasteiger partial charge in [0.2, 0.25) is 0 Å². The van der Waals surface area contributed by atoms with E-state index in [2.05, 4.69) is 6.58 Å². The van der Waals surface area contributed by atoms with E-state index in [0.717, 1.165) is 18.6 Å². The van der Waals surface area contributed by atoms with Crippen LogP contribution >= 0.6 is 0 Å². The van der Waals surface area contributed by atoms with Gasteiger partial charge in [0.25, 0.3) is 0 Å². The minimum Gasteiger partial charge on any atom is -0.469 e. The maximum atomic E-state index is 5.27. The van der Waals surface area contributed by atoms with E-state index in [1.165, 1.54) is 17.6 Å². The summed E-state index contributed by atoms with van der Waals surface area (Å²) in [4.78, 5) is 0. The van der Waals surface area contributed by atoms with Gasteiger partial charge in [0, 0.05) is 12.0 Å². The molecule has 1 aliphatic carbocycles. The third-order valence-electron chi connectivity index (χ3n) is 2.01. The summed E-state index contributed by atoms with van der Waals surface area (Å²) in [5.74, 6) is 1.12. The lowest BCUT2D eigenvalue weighted by Crippen LogP contribution is -1.96. The second-order valence-electron chi connectivity index (χ2n) is 2.71. The van der Waals surface area contributed by atoms with Crippen LogP contribution in [0.3, 0.4) is 0 Å². The molecule has 0 N–H and O–H groups in total. The second-order valence-corrected chi connectivity index (χ2v) is 2.71. The Labute approximate surface area is 60.4 Å². The zero-order chi connectivity index (χ0) is 6.97. The topological polar surface area (TPSA) is 13.1 Å². The zero-order valence-corrected chi connectivity index (χ0v) is 5.89. The molecule has 0 aliphatic heterocycles. The number of rotatable bonds is 0. The van der Waals surface area contributed by atoms with E-state index in [9.17, 15) is 0 Å². The van der Waals surface area contributed by atoms with Crippen LogP contribution in [0.4, 0.5) is 0 Å². The van der Waals surface area contributed by atoms with Gasteiger partial charge in [-0.15, -0.1) is 0 Å². The van der Waals surface area contributed by atoms with E-state index in [0.29, 0.717) is 0 Å². The van der Waals surface area contributed by atoms with Crippen molar-refractivity contribution in [2.24, 2.45) is 0 Å². The van der Waals surface area contributed by atoms with Gasteiger partial charge in [-0.25, -0.2) is 0 Å². The molecule has 0 spiro atoms. The smallest absolute Gasteiger partial charge is 0.111 e. The summed E-state index contributed by atoms with van der Waals surface area (Å²) in [5.41, 5.74) is 2.47. The average Bonchev–Trinajstić information content (AvgIpc) is 2.36. The van der Waals surface area contributed by atoms with E-state index >= 15 is 0 Å². The van der Waals surface area contributed by atoms with Gasteiger partial charge in [-0.1, -0.05) is 6.58 Å². The molecule has 0 aromatic carbocycles. The average molecular weight is 134 g/mol. The molecule has 1 heteroatoms. The molecule has 0 atom stereocenters. The number of furan rings is 1. The van der Waals surface area contributed by atoms with Crippen molar-refractivity contribution in [1.82, 2.24) is 0 Å². The lowest BCUT2D eigenvalue weighted by atomic mass is 9.94. The Morgan fingerprint density at radius 3 is 3.10 bits per heavy atom. The first-order valence-electron chi connectivity index (χ1n) is 3.62. The maximum Gasteiger partial charge on any atom is 0.111 e. The van der Waals surface area contributed by atoms with E-state index in [4.69, 9.17) is 4.42 Å². The van der Waals surface area contributed by atoms with Crippen LogP contribution in [-0.4, -0.2) is 0 Å². The Balaban J connectivity index is 2.50. The van der Waals surface area contributed by atoms with E-state index in [1.807, 2.05) is 6.07 Å². The van der Waals surface area contributed by atoms with Gasteiger partial charge in [0.05, 0.1) is 6.26 Å². The Morgan fingerprint density at radius 2 is 2.30 bits per heavy atom. The van der Waals surface area contributed by atoms with Gasteiger partial charge in [-0.05, 0) is 24.5 Å². The first-order chi connectivity index (χ1) is 4.88. The summed E-state index contributed by atoms with van der Waals surface area (Å²) in [5, 5.41) is 0. The highest BCUT2D eigenvalue weighted by Crippen LogP contribution is 2.29. The quantitative estimate of drug-likeness (QED) is 0.531. The number of fused-ring (bicyclic) bond motifs is 1. The molecular formula is C9H10O. The van der Waals surface area contributed by atoms with Gasteiger partial charge in [-0.3, -0.25) is 0 Å². The number of hydrogen-bond acceptors (Lipinski definition) is 1. The predicted octanol–water partition coefficient (Wildman–Crippen LogP) is 2.63. The van der Waals surface area contributed by atoms with Crippen LogP contribution in [0.15, 0.2) is 23.3 Å². The number of hydrogen-bond donors (Lipinski definition) is 0. The third-order valence-corrected chi connectivity index (χ3v) is 2.01. The fourth-order valence-electron chi connectivity index (χ4n) is 1.45. The molecule has 0 saturated carbocycles. The fourth-order valence-corrected chi connectivity index (χ4v) is 1.45. The van der Waals surface area contributed by atoms with E-state index in [1.54, 1.807) is 6.26 Å². The van der Waals surface area contributed by atoms with Crippen LogP contribution in [0.2, 0.25) is 0 Å². The van der Waals surface area contributed by atoms with Gasteiger partial charge >= 0.3 is 0 Å². The molecule has 1 aromatic rings. The Morgan fingerprint density at radius 1 is 1.40 bits per heavy atom. The SMILES string of the molecule is C=C1CCCc2occc21. The standard InChI is InChI=1S/C9H10O/c1-7-3-2-4-9-8(7)5-6-10-9/h5-6H,1-4H2. The highest BCUT2D eigenvalue weighted by atomic mass is 16.3. The lowest BCUT2D eigenvalue weighted by Gasteiger charge is -2.10. The Bertz CT molecular complexity index is 257. The van der Waals surface area contributed by atoms with Crippen LogP contribution in [0, 0.1) is 0 Å². The summed E-state index contributed by atoms with van der Waals surface area (Å²) in [6, 6.07) is 2.01.